The number of amides is 1. The van der Waals surface area contributed by atoms with Gasteiger partial charge in [-0.1, -0.05) is 76.2 Å². The van der Waals surface area contributed by atoms with Crippen LogP contribution in [0.25, 0.3) is 11.1 Å². The molecule has 0 aromatic heterocycles. The number of hydrogen-bond acceptors (Lipinski definition) is 6. The van der Waals surface area contributed by atoms with Crippen molar-refractivity contribution < 1.29 is 29.0 Å². The molecule has 3 N–H and O–H groups in total. The Morgan fingerprint density at radius 3 is 2.05 bits per heavy atom. The molecule has 0 saturated heterocycles. The number of carboxylic acids is 1. The molecule has 212 valence electrons. The second-order valence-electron chi connectivity index (χ2n) is 11.9. The molecule has 4 rings (SSSR count). The maximum atomic E-state index is 12.8. The van der Waals surface area contributed by atoms with Gasteiger partial charge in [-0.05, 0) is 46.4 Å². The largest absolute Gasteiger partial charge is 0.480 e. The SMILES string of the molecule is CC(C)CC(NCC[C@H](NC(=O)OCC1c2ccccc2-c2ccccc21)C(=O)O)=C1C(=O)CC(C)(C)CC1=O. The molecular weight excluding hydrogens is 508 g/mol. The molecule has 1 amide bonds. The molecule has 2 aliphatic rings. The smallest absolute Gasteiger partial charge is 0.407 e. The number of alkyl carbamates (subject to hydrolysis) is 1. The molecule has 40 heavy (non-hydrogen) atoms. The maximum Gasteiger partial charge on any atom is 0.407 e. The molecule has 1 saturated carbocycles. The molecule has 8 heteroatoms. The van der Waals surface area contributed by atoms with E-state index in [0.29, 0.717) is 25.0 Å². The molecule has 0 spiro atoms. The number of allylic oxidation sites excluding steroid dienone is 2. The van der Waals surface area contributed by atoms with E-state index in [9.17, 15) is 24.3 Å². The van der Waals surface area contributed by atoms with Gasteiger partial charge in [0, 0.05) is 31.0 Å². The van der Waals surface area contributed by atoms with Crippen LogP contribution in [-0.2, 0) is 19.1 Å². The van der Waals surface area contributed by atoms with Gasteiger partial charge in [0.1, 0.15) is 12.6 Å². The topological polar surface area (TPSA) is 122 Å². The Morgan fingerprint density at radius 1 is 0.975 bits per heavy atom. The van der Waals surface area contributed by atoms with Crippen molar-refractivity contribution in [2.45, 2.75) is 65.3 Å². The van der Waals surface area contributed by atoms with Crippen LogP contribution in [0.1, 0.15) is 70.4 Å². The molecule has 0 heterocycles. The van der Waals surface area contributed by atoms with E-state index < -0.39 is 18.1 Å². The number of hydrogen-bond donors (Lipinski definition) is 3. The summed E-state index contributed by atoms with van der Waals surface area (Å²) in [5, 5.41) is 15.4. The number of nitrogens with one attached hydrogen (secondary N) is 2. The second-order valence-corrected chi connectivity index (χ2v) is 11.9. The van der Waals surface area contributed by atoms with Crippen LogP contribution in [0.4, 0.5) is 4.79 Å². The van der Waals surface area contributed by atoms with Gasteiger partial charge < -0.3 is 20.5 Å². The van der Waals surface area contributed by atoms with Crippen LogP contribution in [-0.4, -0.2) is 47.9 Å². The van der Waals surface area contributed by atoms with E-state index in [2.05, 4.69) is 10.6 Å². The number of carbonyl (C=O) groups is 4. The lowest BCUT2D eigenvalue weighted by molar-refractivity contribution is -0.139. The first-order valence-electron chi connectivity index (χ1n) is 13.8. The summed E-state index contributed by atoms with van der Waals surface area (Å²) in [7, 11) is 0. The van der Waals surface area contributed by atoms with E-state index in [1.54, 1.807) is 0 Å². The minimum atomic E-state index is -1.20. The number of carbonyl (C=O) groups excluding carboxylic acids is 3. The van der Waals surface area contributed by atoms with Crippen LogP contribution in [0, 0.1) is 11.3 Å². The third kappa shape index (κ3) is 6.61. The summed E-state index contributed by atoms with van der Waals surface area (Å²) in [5.41, 5.74) is 4.71. The Kier molecular flexibility index (Phi) is 8.76. The van der Waals surface area contributed by atoms with Gasteiger partial charge in [-0.2, -0.15) is 0 Å². The number of ether oxygens (including phenoxy) is 1. The predicted molar refractivity (Wildman–Crippen MR) is 152 cm³/mol. The number of Topliss-reactive ketones (excluding diaryl/α,β-unsaturated/α-hetero) is 2. The fourth-order valence-electron chi connectivity index (χ4n) is 5.68. The van der Waals surface area contributed by atoms with Crippen LogP contribution in [0.5, 0.6) is 0 Å². The van der Waals surface area contributed by atoms with Crippen molar-refractivity contribution in [2.24, 2.45) is 11.3 Å². The van der Waals surface area contributed by atoms with Gasteiger partial charge >= 0.3 is 12.1 Å². The first-order chi connectivity index (χ1) is 19.0. The zero-order valence-electron chi connectivity index (χ0n) is 23.6. The molecule has 0 aliphatic heterocycles. The van der Waals surface area contributed by atoms with Crippen molar-refractivity contribution in [1.82, 2.24) is 10.6 Å². The highest BCUT2D eigenvalue weighted by atomic mass is 16.5. The van der Waals surface area contributed by atoms with Crippen molar-refractivity contribution in [3.05, 3.63) is 70.9 Å². The van der Waals surface area contributed by atoms with Gasteiger partial charge in [0.15, 0.2) is 11.6 Å². The molecule has 2 aromatic rings. The summed E-state index contributed by atoms with van der Waals surface area (Å²) in [4.78, 5) is 50.3. The number of carboxylic acid groups (broad SMARTS) is 1. The first-order valence-corrected chi connectivity index (χ1v) is 13.8. The predicted octanol–water partition coefficient (Wildman–Crippen LogP) is 5.22. The molecule has 8 nitrogen and oxygen atoms in total. The quantitative estimate of drug-likeness (QED) is 0.276. The number of ketones is 2. The summed E-state index contributed by atoms with van der Waals surface area (Å²) in [6.45, 7) is 8.03. The van der Waals surface area contributed by atoms with Crippen molar-refractivity contribution in [1.29, 1.82) is 0 Å². The van der Waals surface area contributed by atoms with Gasteiger partial charge in [-0.3, -0.25) is 9.59 Å². The van der Waals surface area contributed by atoms with Gasteiger partial charge in [-0.25, -0.2) is 9.59 Å². The first kappa shape index (κ1) is 29.1. The normalized spacial score (nSPS) is 16.8. The summed E-state index contributed by atoms with van der Waals surface area (Å²) >= 11 is 0. The number of rotatable bonds is 10. The molecule has 1 fully saturated rings. The number of benzene rings is 2. The van der Waals surface area contributed by atoms with E-state index in [4.69, 9.17) is 4.74 Å². The van der Waals surface area contributed by atoms with Crippen molar-refractivity contribution in [3.63, 3.8) is 0 Å². The average Bonchev–Trinajstić information content (AvgIpc) is 3.19. The third-order valence-corrected chi connectivity index (χ3v) is 7.46. The van der Waals surface area contributed by atoms with Gasteiger partial charge in [0.25, 0.3) is 0 Å². The van der Waals surface area contributed by atoms with Gasteiger partial charge in [-0.15, -0.1) is 0 Å². The van der Waals surface area contributed by atoms with Crippen LogP contribution in [0.2, 0.25) is 0 Å². The Morgan fingerprint density at radius 2 is 1.52 bits per heavy atom. The highest BCUT2D eigenvalue weighted by molar-refractivity contribution is 6.22. The molecule has 1 atom stereocenters. The van der Waals surface area contributed by atoms with E-state index in [1.807, 2.05) is 76.2 Å². The monoisotopic (exact) mass is 546 g/mol. The lowest BCUT2D eigenvalue weighted by Gasteiger charge is -2.30. The lowest BCUT2D eigenvalue weighted by atomic mass is 9.73. The van der Waals surface area contributed by atoms with Gasteiger partial charge in [0.2, 0.25) is 0 Å². The van der Waals surface area contributed by atoms with Crippen molar-refractivity contribution >= 4 is 23.6 Å². The van der Waals surface area contributed by atoms with Crippen LogP contribution >= 0.6 is 0 Å². The van der Waals surface area contributed by atoms with E-state index in [1.165, 1.54) is 0 Å². The zero-order chi connectivity index (χ0) is 29.0. The fourth-order valence-corrected chi connectivity index (χ4v) is 5.68. The van der Waals surface area contributed by atoms with Crippen LogP contribution in [0.15, 0.2) is 59.8 Å². The minimum Gasteiger partial charge on any atom is -0.480 e. The molecular formula is C32H38N2O6. The van der Waals surface area contributed by atoms with E-state index in [0.717, 1.165) is 22.3 Å². The second kappa shape index (κ2) is 12.1. The molecule has 0 unspecified atom stereocenters. The zero-order valence-corrected chi connectivity index (χ0v) is 23.6. The van der Waals surface area contributed by atoms with Crippen molar-refractivity contribution in [3.8, 4) is 11.1 Å². The fraction of sp³-hybridized carbons (Fsp3) is 0.438. The molecule has 0 radical (unpaired) electrons. The van der Waals surface area contributed by atoms with E-state index >= 15 is 0 Å². The van der Waals surface area contributed by atoms with E-state index in [-0.39, 0.29) is 54.0 Å². The molecule has 2 aromatic carbocycles. The average molecular weight is 547 g/mol. The lowest BCUT2D eigenvalue weighted by Crippen LogP contribution is -2.43. The van der Waals surface area contributed by atoms with Crippen LogP contribution in [0.3, 0.4) is 0 Å². The molecule has 2 aliphatic carbocycles. The third-order valence-electron chi connectivity index (χ3n) is 7.46. The molecule has 0 bridgehead atoms. The highest BCUT2D eigenvalue weighted by Gasteiger charge is 2.37. The van der Waals surface area contributed by atoms with Gasteiger partial charge in [0.05, 0.1) is 5.57 Å². The Hall–Kier alpha value is -3.94. The Balaban J connectivity index is 1.37. The summed E-state index contributed by atoms with van der Waals surface area (Å²) in [6.07, 6.45) is 0.305. The highest BCUT2D eigenvalue weighted by Crippen LogP contribution is 2.44. The summed E-state index contributed by atoms with van der Waals surface area (Å²) < 4.78 is 5.51. The maximum absolute atomic E-state index is 12.8. The standard InChI is InChI=1S/C32H38N2O6/c1-19(2)15-26(29-27(35)16-32(3,4)17-28(29)36)33-14-13-25(30(37)38)34-31(39)40-18-24-22-11-7-5-9-20(22)21-10-6-8-12-23(21)24/h5-12,19,24-25,33H,13-18H2,1-4H3,(H,34,39)(H,37,38)/t25-/m0/s1. The van der Waals surface area contributed by atoms with Crippen LogP contribution < -0.4 is 10.6 Å². The number of aliphatic carboxylic acids is 1. The van der Waals surface area contributed by atoms with Crippen molar-refractivity contribution in [2.75, 3.05) is 13.2 Å². The summed E-state index contributed by atoms with van der Waals surface area (Å²) in [6, 6.07) is 14.7. The Bertz CT molecular complexity index is 1270. The minimum absolute atomic E-state index is 0.0439. The Labute approximate surface area is 235 Å². The summed E-state index contributed by atoms with van der Waals surface area (Å²) in [5.74, 6) is -1.52. The number of fused-ring (bicyclic) bond motifs is 3.